The number of hydroxylamine groups is 2. The summed E-state index contributed by atoms with van der Waals surface area (Å²) in [6, 6.07) is 11.0. The molecule has 0 saturated heterocycles. The minimum absolute atomic E-state index is 0.220. The standard InChI is InChI=1S/C18H14ClNO4/c1-2-5-11-10-12(8-9-15(11)19)18(23)24-20-16(21)13-6-3-4-7-14(13)17(20)22/h3-4,6-10H,2,5H2,1H3. The highest BCUT2D eigenvalue weighted by molar-refractivity contribution is 6.31. The second-order valence-electron chi connectivity index (χ2n) is 5.39. The summed E-state index contributed by atoms with van der Waals surface area (Å²) < 4.78 is 0. The fourth-order valence-electron chi connectivity index (χ4n) is 2.55. The topological polar surface area (TPSA) is 63.7 Å². The molecule has 0 fully saturated rings. The average molecular weight is 344 g/mol. The van der Waals surface area contributed by atoms with Crippen LogP contribution in [-0.4, -0.2) is 22.8 Å². The smallest absolute Gasteiger partial charge is 0.324 e. The van der Waals surface area contributed by atoms with Crippen LogP contribution in [0.5, 0.6) is 0 Å². The molecule has 1 heterocycles. The zero-order valence-electron chi connectivity index (χ0n) is 12.9. The van der Waals surface area contributed by atoms with Crippen LogP contribution in [0, 0.1) is 0 Å². The molecule has 122 valence electrons. The van der Waals surface area contributed by atoms with Gasteiger partial charge in [0.1, 0.15) is 0 Å². The maximum atomic E-state index is 12.3. The van der Waals surface area contributed by atoms with Crippen molar-refractivity contribution in [1.29, 1.82) is 0 Å². The first-order valence-corrected chi connectivity index (χ1v) is 7.89. The zero-order chi connectivity index (χ0) is 17.3. The summed E-state index contributed by atoms with van der Waals surface area (Å²) in [5.74, 6) is -2.07. The van der Waals surface area contributed by atoms with Crippen molar-refractivity contribution in [3.8, 4) is 0 Å². The van der Waals surface area contributed by atoms with E-state index in [1.165, 1.54) is 18.2 Å². The van der Waals surface area contributed by atoms with E-state index in [1.54, 1.807) is 24.3 Å². The van der Waals surface area contributed by atoms with Crippen LogP contribution < -0.4 is 0 Å². The SMILES string of the molecule is CCCc1cc(C(=O)ON2C(=O)c3ccccc3C2=O)ccc1Cl. The van der Waals surface area contributed by atoms with Gasteiger partial charge in [-0.2, -0.15) is 0 Å². The number of nitrogens with zero attached hydrogens (tertiary/aromatic N) is 1. The molecule has 3 rings (SSSR count). The lowest BCUT2D eigenvalue weighted by molar-refractivity contribution is -0.0584. The van der Waals surface area contributed by atoms with Crippen LogP contribution in [0.1, 0.15) is 50.0 Å². The van der Waals surface area contributed by atoms with E-state index >= 15 is 0 Å². The lowest BCUT2D eigenvalue weighted by atomic mass is 10.1. The normalized spacial score (nSPS) is 13.2. The lowest BCUT2D eigenvalue weighted by Crippen LogP contribution is -2.32. The number of rotatable bonds is 4. The van der Waals surface area contributed by atoms with Crippen molar-refractivity contribution in [3.63, 3.8) is 0 Å². The molecular weight excluding hydrogens is 330 g/mol. The number of carbonyl (C=O) groups excluding carboxylic acids is 3. The molecule has 0 saturated carbocycles. The highest BCUT2D eigenvalue weighted by Crippen LogP contribution is 2.24. The number of fused-ring (bicyclic) bond motifs is 1. The van der Waals surface area contributed by atoms with Gasteiger partial charge in [-0.25, -0.2) is 4.79 Å². The van der Waals surface area contributed by atoms with E-state index < -0.39 is 17.8 Å². The van der Waals surface area contributed by atoms with Crippen molar-refractivity contribution in [2.24, 2.45) is 0 Å². The molecule has 0 bridgehead atoms. The zero-order valence-corrected chi connectivity index (χ0v) is 13.7. The van der Waals surface area contributed by atoms with E-state index in [1.807, 2.05) is 6.92 Å². The minimum Gasteiger partial charge on any atom is -0.324 e. The Morgan fingerprint density at radius 2 is 1.71 bits per heavy atom. The summed E-state index contributed by atoms with van der Waals surface area (Å²) in [7, 11) is 0. The van der Waals surface area contributed by atoms with Crippen molar-refractivity contribution >= 4 is 29.4 Å². The molecular formula is C18H14ClNO4. The van der Waals surface area contributed by atoms with Gasteiger partial charge in [0.25, 0.3) is 11.8 Å². The van der Waals surface area contributed by atoms with Gasteiger partial charge in [-0.15, -0.1) is 0 Å². The van der Waals surface area contributed by atoms with Crippen molar-refractivity contribution in [2.75, 3.05) is 0 Å². The van der Waals surface area contributed by atoms with Gasteiger partial charge in [0.05, 0.1) is 16.7 Å². The highest BCUT2D eigenvalue weighted by Gasteiger charge is 2.38. The lowest BCUT2D eigenvalue weighted by Gasteiger charge is -2.13. The molecule has 1 aliphatic heterocycles. The number of amides is 2. The van der Waals surface area contributed by atoms with Crippen molar-refractivity contribution in [1.82, 2.24) is 5.06 Å². The van der Waals surface area contributed by atoms with Crippen molar-refractivity contribution < 1.29 is 19.2 Å². The molecule has 0 radical (unpaired) electrons. The maximum absolute atomic E-state index is 12.3. The number of carbonyl (C=O) groups is 3. The molecule has 2 amide bonds. The van der Waals surface area contributed by atoms with Gasteiger partial charge in [0.15, 0.2) is 0 Å². The largest absolute Gasteiger partial charge is 0.363 e. The third-order valence-electron chi connectivity index (χ3n) is 3.73. The number of halogens is 1. The van der Waals surface area contributed by atoms with Crippen LogP contribution in [0.15, 0.2) is 42.5 Å². The van der Waals surface area contributed by atoms with Crippen molar-refractivity contribution in [3.05, 3.63) is 69.7 Å². The van der Waals surface area contributed by atoms with E-state index in [0.29, 0.717) is 16.5 Å². The number of hydrogen-bond donors (Lipinski definition) is 0. The second kappa shape index (κ2) is 6.45. The maximum Gasteiger partial charge on any atom is 0.363 e. The predicted molar refractivity (Wildman–Crippen MR) is 87.8 cm³/mol. The molecule has 2 aromatic rings. The fourth-order valence-corrected chi connectivity index (χ4v) is 2.76. The summed E-state index contributed by atoms with van der Waals surface area (Å²) in [6.45, 7) is 2.00. The fraction of sp³-hybridized carbons (Fsp3) is 0.167. The van der Waals surface area contributed by atoms with Crippen LogP contribution in [0.3, 0.4) is 0 Å². The van der Waals surface area contributed by atoms with Crippen LogP contribution in [0.4, 0.5) is 0 Å². The molecule has 6 heteroatoms. The van der Waals surface area contributed by atoms with Gasteiger partial charge in [-0.1, -0.05) is 42.1 Å². The van der Waals surface area contributed by atoms with E-state index in [-0.39, 0.29) is 16.7 Å². The summed E-state index contributed by atoms with van der Waals surface area (Å²) in [5.41, 5.74) is 1.49. The van der Waals surface area contributed by atoms with Crippen LogP contribution >= 0.6 is 11.6 Å². The van der Waals surface area contributed by atoms with Gasteiger partial charge in [0, 0.05) is 5.02 Å². The molecule has 0 aromatic heterocycles. The van der Waals surface area contributed by atoms with Crippen LogP contribution in [0.25, 0.3) is 0 Å². The number of benzene rings is 2. The summed E-state index contributed by atoms with van der Waals surface area (Å²) in [4.78, 5) is 41.7. The Hall–Kier alpha value is -2.66. The Morgan fingerprint density at radius 1 is 1.08 bits per heavy atom. The first-order chi connectivity index (χ1) is 11.5. The summed E-state index contributed by atoms with van der Waals surface area (Å²) in [6.07, 6.45) is 1.59. The van der Waals surface area contributed by atoms with E-state index in [4.69, 9.17) is 16.4 Å². The molecule has 0 unspecified atom stereocenters. The number of imide groups is 1. The van der Waals surface area contributed by atoms with Gasteiger partial charge in [-0.05, 0) is 42.3 Å². The molecule has 0 spiro atoms. The van der Waals surface area contributed by atoms with Crippen molar-refractivity contribution in [2.45, 2.75) is 19.8 Å². The summed E-state index contributed by atoms with van der Waals surface area (Å²) >= 11 is 6.09. The summed E-state index contributed by atoms with van der Waals surface area (Å²) in [5, 5.41) is 1.07. The van der Waals surface area contributed by atoms with Crippen LogP contribution in [0.2, 0.25) is 5.02 Å². The van der Waals surface area contributed by atoms with Gasteiger partial charge < -0.3 is 4.84 Å². The Bertz CT molecular complexity index is 812. The van der Waals surface area contributed by atoms with Crippen LogP contribution in [-0.2, 0) is 11.3 Å². The number of hydrogen-bond acceptors (Lipinski definition) is 4. The first-order valence-electron chi connectivity index (χ1n) is 7.51. The quantitative estimate of drug-likeness (QED) is 0.795. The second-order valence-corrected chi connectivity index (χ2v) is 5.79. The highest BCUT2D eigenvalue weighted by atomic mass is 35.5. The van der Waals surface area contributed by atoms with E-state index in [0.717, 1.165) is 12.0 Å². The van der Waals surface area contributed by atoms with Gasteiger partial charge in [0.2, 0.25) is 0 Å². The van der Waals surface area contributed by atoms with Gasteiger partial charge in [-0.3, -0.25) is 9.59 Å². The average Bonchev–Trinajstić information content (AvgIpc) is 2.82. The first kappa shape index (κ1) is 16.2. The van der Waals surface area contributed by atoms with Gasteiger partial charge >= 0.3 is 5.97 Å². The molecule has 0 atom stereocenters. The Morgan fingerprint density at radius 3 is 2.29 bits per heavy atom. The molecule has 5 nitrogen and oxygen atoms in total. The number of aryl methyl sites for hydroxylation is 1. The third-order valence-corrected chi connectivity index (χ3v) is 4.10. The Kier molecular flexibility index (Phi) is 4.36. The Balaban J connectivity index is 1.82. The molecule has 24 heavy (non-hydrogen) atoms. The van der Waals surface area contributed by atoms with E-state index in [9.17, 15) is 14.4 Å². The molecule has 2 aromatic carbocycles. The molecule has 1 aliphatic rings. The predicted octanol–water partition coefficient (Wildman–Crippen LogP) is 3.66. The minimum atomic E-state index is -0.779. The monoisotopic (exact) mass is 343 g/mol. The van der Waals surface area contributed by atoms with E-state index in [2.05, 4.69) is 0 Å². The molecule has 0 aliphatic carbocycles. The molecule has 0 N–H and O–H groups in total. The third kappa shape index (κ3) is 2.78. The Labute approximate surface area is 143 Å².